The minimum atomic E-state index is 0.485. The zero-order valence-corrected chi connectivity index (χ0v) is 15.2. The number of ether oxygens (including phenoxy) is 3. The molecule has 0 amide bonds. The highest BCUT2D eigenvalue weighted by Gasteiger charge is 1.96. The number of hydrogen-bond acceptors (Lipinski definition) is 6. The molecule has 27 heavy (non-hydrogen) atoms. The second kappa shape index (κ2) is 10.1. The average molecular weight is 366 g/mol. The molecule has 3 aromatic rings. The van der Waals surface area contributed by atoms with Gasteiger partial charge in [-0.05, 0) is 48.9 Å². The van der Waals surface area contributed by atoms with Crippen LogP contribution in [0.2, 0.25) is 0 Å². The predicted octanol–water partition coefficient (Wildman–Crippen LogP) is 2.94. The van der Waals surface area contributed by atoms with Gasteiger partial charge in [0.05, 0.1) is 19.4 Å². The molecule has 0 unspecified atom stereocenters. The van der Waals surface area contributed by atoms with Gasteiger partial charge in [0, 0.05) is 0 Å². The van der Waals surface area contributed by atoms with Crippen molar-refractivity contribution in [1.29, 1.82) is 0 Å². The van der Waals surface area contributed by atoms with Crippen molar-refractivity contribution in [2.45, 2.75) is 6.92 Å². The van der Waals surface area contributed by atoms with E-state index in [0.717, 1.165) is 17.1 Å². The molecule has 0 N–H and O–H groups in total. The Hall–Kier alpha value is -3.19. The molecule has 0 spiro atoms. The van der Waals surface area contributed by atoms with Crippen LogP contribution in [-0.2, 0) is 4.74 Å². The Balaban J connectivity index is 1.28. The van der Waals surface area contributed by atoms with Crippen LogP contribution in [-0.4, -0.2) is 47.5 Å². The van der Waals surface area contributed by atoms with Crippen molar-refractivity contribution >= 4 is 6.21 Å². The molecule has 1 aromatic heterocycles. The third-order valence-corrected chi connectivity index (χ3v) is 3.64. The van der Waals surface area contributed by atoms with Crippen LogP contribution < -0.4 is 9.47 Å². The highest BCUT2D eigenvalue weighted by molar-refractivity contribution is 5.79. The lowest BCUT2D eigenvalue weighted by Crippen LogP contribution is -2.12. The fourth-order valence-electron chi connectivity index (χ4n) is 2.21. The van der Waals surface area contributed by atoms with Crippen LogP contribution in [0.4, 0.5) is 0 Å². The molecule has 140 valence electrons. The Bertz CT molecular complexity index is 815. The first-order valence-electron chi connectivity index (χ1n) is 8.69. The molecular formula is C20H22N4O3. The third-order valence-electron chi connectivity index (χ3n) is 3.64. The van der Waals surface area contributed by atoms with Crippen molar-refractivity contribution in [2.24, 2.45) is 5.10 Å². The summed E-state index contributed by atoms with van der Waals surface area (Å²) in [5.74, 6) is 1.64. The molecule has 7 nitrogen and oxygen atoms in total. The Kier molecular flexibility index (Phi) is 6.94. The van der Waals surface area contributed by atoms with Gasteiger partial charge in [0.1, 0.15) is 37.4 Å². The second-order valence-electron chi connectivity index (χ2n) is 5.78. The predicted molar refractivity (Wildman–Crippen MR) is 102 cm³/mol. The Morgan fingerprint density at radius 2 is 1.37 bits per heavy atom. The van der Waals surface area contributed by atoms with E-state index in [1.165, 1.54) is 22.9 Å². The topological polar surface area (TPSA) is 70.8 Å². The number of aryl methyl sites for hydroxylation is 1. The van der Waals surface area contributed by atoms with E-state index in [4.69, 9.17) is 14.2 Å². The van der Waals surface area contributed by atoms with E-state index in [0.29, 0.717) is 26.4 Å². The molecule has 7 heteroatoms. The maximum atomic E-state index is 5.65. The number of rotatable bonds is 10. The first-order chi connectivity index (χ1) is 13.3. The molecular weight excluding hydrogens is 344 g/mol. The van der Waals surface area contributed by atoms with Crippen molar-refractivity contribution in [1.82, 2.24) is 14.9 Å². The zero-order chi connectivity index (χ0) is 18.7. The minimum Gasteiger partial charge on any atom is -0.491 e. The molecule has 0 aliphatic heterocycles. The molecule has 0 atom stereocenters. The van der Waals surface area contributed by atoms with Gasteiger partial charge in [0.25, 0.3) is 0 Å². The Morgan fingerprint density at radius 3 is 1.96 bits per heavy atom. The van der Waals surface area contributed by atoms with Crippen LogP contribution in [0.15, 0.2) is 66.3 Å². The van der Waals surface area contributed by atoms with Crippen molar-refractivity contribution in [3.05, 3.63) is 72.3 Å². The summed E-state index contributed by atoms with van der Waals surface area (Å²) in [5.41, 5.74) is 2.17. The molecule has 0 fully saturated rings. The van der Waals surface area contributed by atoms with E-state index in [1.807, 2.05) is 55.5 Å². The molecule has 0 bridgehead atoms. The molecule has 3 rings (SSSR count). The van der Waals surface area contributed by atoms with Crippen LogP contribution in [0.1, 0.15) is 11.1 Å². The Morgan fingerprint density at radius 1 is 0.815 bits per heavy atom. The summed E-state index contributed by atoms with van der Waals surface area (Å²) in [6.45, 7) is 4.08. The molecule has 0 saturated carbocycles. The third kappa shape index (κ3) is 6.56. The van der Waals surface area contributed by atoms with Gasteiger partial charge in [-0.25, -0.2) is 4.68 Å². The molecule has 0 radical (unpaired) electrons. The van der Waals surface area contributed by atoms with E-state index < -0.39 is 0 Å². The first kappa shape index (κ1) is 18.6. The lowest BCUT2D eigenvalue weighted by Gasteiger charge is -2.09. The van der Waals surface area contributed by atoms with Gasteiger partial charge < -0.3 is 14.2 Å². The van der Waals surface area contributed by atoms with Crippen LogP contribution in [0.5, 0.6) is 11.5 Å². The van der Waals surface area contributed by atoms with E-state index in [1.54, 1.807) is 6.21 Å². The standard InChI is InChI=1S/C20H22N4O3/c1-17-2-6-19(7-3-17)26-12-10-25-11-13-27-20-8-4-18(5-9-20)14-23-24-15-21-22-16-24/h2-9,14-16H,10-13H2,1H3. The Labute approximate surface area is 158 Å². The SMILES string of the molecule is Cc1ccc(OCCOCCOc2ccc(C=Nn3cnnc3)cc2)cc1. The summed E-state index contributed by atoms with van der Waals surface area (Å²) in [7, 11) is 0. The van der Waals surface area contributed by atoms with Gasteiger partial charge in [0.2, 0.25) is 0 Å². The van der Waals surface area contributed by atoms with Crippen LogP contribution in [0.3, 0.4) is 0 Å². The van der Waals surface area contributed by atoms with Gasteiger partial charge in [-0.3, -0.25) is 0 Å². The minimum absolute atomic E-state index is 0.485. The fraction of sp³-hybridized carbons (Fsp3) is 0.250. The van der Waals surface area contributed by atoms with E-state index in [9.17, 15) is 0 Å². The van der Waals surface area contributed by atoms with Crippen molar-refractivity contribution < 1.29 is 14.2 Å². The highest BCUT2D eigenvalue weighted by Crippen LogP contribution is 2.12. The van der Waals surface area contributed by atoms with E-state index >= 15 is 0 Å². The van der Waals surface area contributed by atoms with E-state index in [-0.39, 0.29) is 0 Å². The lowest BCUT2D eigenvalue weighted by atomic mass is 10.2. The molecule has 0 aliphatic carbocycles. The highest BCUT2D eigenvalue weighted by atomic mass is 16.5. The monoisotopic (exact) mass is 366 g/mol. The first-order valence-corrected chi connectivity index (χ1v) is 8.69. The van der Waals surface area contributed by atoms with Crippen molar-refractivity contribution in [3.8, 4) is 11.5 Å². The maximum Gasteiger partial charge on any atom is 0.141 e. The number of nitrogens with zero attached hydrogens (tertiary/aromatic N) is 4. The molecule has 0 aliphatic rings. The summed E-state index contributed by atoms with van der Waals surface area (Å²) in [5, 5.41) is 11.6. The van der Waals surface area contributed by atoms with Gasteiger partial charge in [-0.15, -0.1) is 10.2 Å². The van der Waals surface area contributed by atoms with Gasteiger partial charge >= 0.3 is 0 Å². The molecule has 2 aromatic carbocycles. The van der Waals surface area contributed by atoms with Gasteiger partial charge in [0.15, 0.2) is 0 Å². The average Bonchev–Trinajstić information content (AvgIpc) is 3.22. The van der Waals surface area contributed by atoms with Crippen LogP contribution >= 0.6 is 0 Å². The zero-order valence-electron chi connectivity index (χ0n) is 15.2. The fourth-order valence-corrected chi connectivity index (χ4v) is 2.21. The van der Waals surface area contributed by atoms with Crippen LogP contribution in [0.25, 0.3) is 0 Å². The summed E-state index contributed by atoms with van der Waals surface area (Å²) in [4.78, 5) is 0. The lowest BCUT2D eigenvalue weighted by molar-refractivity contribution is 0.0764. The summed E-state index contributed by atoms with van der Waals surface area (Å²) < 4.78 is 18.3. The van der Waals surface area contributed by atoms with Crippen molar-refractivity contribution in [3.63, 3.8) is 0 Å². The number of aromatic nitrogens is 3. The van der Waals surface area contributed by atoms with Gasteiger partial charge in [-0.2, -0.15) is 5.10 Å². The normalized spacial score (nSPS) is 11.0. The number of benzene rings is 2. The maximum absolute atomic E-state index is 5.65. The van der Waals surface area contributed by atoms with Crippen LogP contribution in [0, 0.1) is 6.92 Å². The van der Waals surface area contributed by atoms with Gasteiger partial charge in [-0.1, -0.05) is 17.7 Å². The number of hydrogen-bond donors (Lipinski definition) is 0. The molecule has 0 saturated heterocycles. The summed E-state index contributed by atoms with van der Waals surface area (Å²) in [6.07, 6.45) is 4.78. The summed E-state index contributed by atoms with van der Waals surface area (Å²) in [6, 6.07) is 15.6. The second-order valence-corrected chi connectivity index (χ2v) is 5.78. The van der Waals surface area contributed by atoms with E-state index in [2.05, 4.69) is 15.3 Å². The quantitative estimate of drug-likeness (QED) is 0.407. The van der Waals surface area contributed by atoms with Crippen molar-refractivity contribution in [2.75, 3.05) is 26.4 Å². The molecule has 1 heterocycles. The largest absolute Gasteiger partial charge is 0.491 e. The smallest absolute Gasteiger partial charge is 0.141 e. The summed E-state index contributed by atoms with van der Waals surface area (Å²) >= 11 is 0.